The second-order valence-corrected chi connectivity index (χ2v) is 9.90. The molecule has 3 atom stereocenters. The van der Waals surface area contributed by atoms with Crippen LogP contribution in [0.2, 0.25) is 0 Å². The highest BCUT2D eigenvalue weighted by atomic mass is 31.0. The van der Waals surface area contributed by atoms with E-state index in [1.165, 1.54) is 16.4 Å². The van der Waals surface area contributed by atoms with Gasteiger partial charge in [0, 0.05) is 44.5 Å². The summed E-state index contributed by atoms with van der Waals surface area (Å²) >= 11 is 0. The lowest BCUT2D eigenvalue weighted by molar-refractivity contribution is 0.108. The minimum Gasteiger partial charge on any atom is -0.352 e. The lowest BCUT2D eigenvalue weighted by Gasteiger charge is -2.46. The molecular weight excluding hydrogens is 429 g/mol. The van der Waals surface area contributed by atoms with Crippen LogP contribution in [-0.4, -0.2) is 45.1 Å². The van der Waals surface area contributed by atoms with E-state index in [1.807, 2.05) is 19.1 Å². The lowest BCUT2D eigenvalue weighted by atomic mass is 9.96. The first-order chi connectivity index (χ1) is 15.8. The SMILES string of the molecule is CCCC1CN(c2nc(=O)n(C)c3ccc(C)nc23)CCN1C(CC)c1ccc(C)cc1P. The van der Waals surface area contributed by atoms with E-state index < -0.39 is 0 Å². The summed E-state index contributed by atoms with van der Waals surface area (Å²) in [6.45, 7) is 11.3. The van der Waals surface area contributed by atoms with Crippen LogP contribution in [0.5, 0.6) is 0 Å². The van der Waals surface area contributed by atoms with E-state index in [-0.39, 0.29) is 5.69 Å². The minimum atomic E-state index is -0.226. The van der Waals surface area contributed by atoms with Gasteiger partial charge in [0.25, 0.3) is 0 Å². The summed E-state index contributed by atoms with van der Waals surface area (Å²) in [5.74, 6) is 0.729. The van der Waals surface area contributed by atoms with Crippen molar-refractivity contribution in [2.75, 3.05) is 24.5 Å². The molecule has 7 heteroatoms. The van der Waals surface area contributed by atoms with Gasteiger partial charge in [0.2, 0.25) is 0 Å². The molecule has 2 aromatic heterocycles. The Morgan fingerprint density at radius 1 is 1.12 bits per heavy atom. The van der Waals surface area contributed by atoms with Gasteiger partial charge in [-0.15, -0.1) is 9.24 Å². The summed E-state index contributed by atoms with van der Waals surface area (Å²) in [4.78, 5) is 26.9. The van der Waals surface area contributed by atoms with Crippen molar-refractivity contribution < 1.29 is 0 Å². The largest absolute Gasteiger partial charge is 0.352 e. The van der Waals surface area contributed by atoms with Crippen LogP contribution in [0.15, 0.2) is 35.1 Å². The lowest BCUT2D eigenvalue weighted by Crippen LogP contribution is -2.55. The summed E-state index contributed by atoms with van der Waals surface area (Å²) < 4.78 is 1.59. The van der Waals surface area contributed by atoms with E-state index >= 15 is 0 Å². The van der Waals surface area contributed by atoms with E-state index in [1.54, 1.807) is 11.6 Å². The molecule has 3 heterocycles. The van der Waals surface area contributed by atoms with Crippen molar-refractivity contribution in [1.82, 2.24) is 19.4 Å². The fourth-order valence-corrected chi connectivity index (χ4v) is 5.77. The molecule has 1 saturated heterocycles. The zero-order valence-electron chi connectivity index (χ0n) is 20.5. The first kappa shape index (κ1) is 23.8. The standard InChI is InChI=1S/C26H36N5OP/c1-6-8-19-16-30(25-24-22(12-10-18(4)27-24)29(5)26(32)28-25)13-14-31(19)21(7-2)20-11-9-17(3)15-23(20)33/h9-12,15,19,21H,6-8,13-14,16,33H2,1-5H3. The number of aromatic nitrogens is 3. The molecule has 3 unspecified atom stereocenters. The molecule has 0 amide bonds. The Labute approximate surface area is 199 Å². The molecular formula is C26H36N5OP. The number of aryl methyl sites for hydroxylation is 3. The highest BCUT2D eigenvalue weighted by Gasteiger charge is 2.33. The van der Waals surface area contributed by atoms with Gasteiger partial charge in [-0.25, -0.2) is 9.78 Å². The van der Waals surface area contributed by atoms with Crippen molar-refractivity contribution in [3.05, 3.63) is 57.6 Å². The second kappa shape index (κ2) is 9.90. The second-order valence-electron chi connectivity index (χ2n) is 9.28. The number of fused-ring (bicyclic) bond motifs is 1. The molecule has 1 aliphatic rings. The smallest absolute Gasteiger partial charge is 0.349 e. The minimum absolute atomic E-state index is 0.226. The molecule has 0 bridgehead atoms. The first-order valence-electron chi connectivity index (χ1n) is 12.0. The van der Waals surface area contributed by atoms with Crippen molar-refractivity contribution in [2.24, 2.45) is 7.05 Å². The summed E-state index contributed by atoms with van der Waals surface area (Å²) in [5, 5.41) is 1.29. The number of pyridine rings is 1. The van der Waals surface area contributed by atoms with E-state index in [2.05, 4.69) is 63.0 Å². The summed E-state index contributed by atoms with van der Waals surface area (Å²) in [5.41, 5.74) is 5.06. The Kier molecular flexibility index (Phi) is 7.16. The number of nitrogens with zero attached hydrogens (tertiary/aromatic N) is 5. The van der Waals surface area contributed by atoms with Crippen LogP contribution in [0.3, 0.4) is 0 Å². The molecule has 33 heavy (non-hydrogen) atoms. The van der Waals surface area contributed by atoms with Crippen molar-refractivity contribution in [3.63, 3.8) is 0 Å². The van der Waals surface area contributed by atoms with Gasteiger partial charge < -0.3 is 4.90 Å². The van der Waals surface area contributed by atoms with Gasteiger partial charge in [0.1, 0.15) is 5.52 Å². The van der Waals surface area contributed by atoms with Gasteiger partial charge in [-0.05, 0) is 49.7 Å². The Bertz CT molecular complexity index is 1210. The summed E-state index contributed by atoms with van der Waals surface area (Å²) in [6.07, 6.45) is 3.30. The van der Waals surface area contributed by atoms with Gasteiger partial charge in [0.15, 0.2) is 5.82 Å². The predicted octanol–water partition coefficient (Wildman–Crippen LogP) is 3.89. The zero-order chi connectivity index (χ0) is 23.7. The van der Waals surface area contributed by atoms with Crippen molar-refractivity contribution in [2.45, 2.75) is 59.0 Å². The van der Waals surface area contributed by atoms with Gasteiger partial charge in [-0.1, -0.05) is 44.0 Å². The third-order valence-corrected chi connectivity index (χ3v) is 7.41. The van der Waals surface area contributed by atoms with Crippen molar-refractivity contribution in [3.8, 4) is 0 Å². The highest BCUT2D eigenvalue weighted by Crippen LogP contribution is 2.32. The molecule has 0 aliphatic carbocycles. The Morgan fingerprint density at radius 2 is 1.91 bits per heavy atom. The van der Waals surface area contributed by atoms with Crippen LogP contribution in [0.4, 0.5) is 5.82 Å². The van der Waals surface area contributed by atoms with Crippen molar-refractivity contribution >= 4 is 31.4 Å². The first-order valence-corrected chi connectivity index (χ1v) is 12.6. The van der Waals surface area contributed by atoms with E-state index in [9.17, 15) is 4.79 Å². The summed E-state index contributed by atoms with van der Waals surface area (Å²) in [7, 11) is 4.71. The van der Waals surface area contributed by atoms with Crippen LogP contribution in [0, 0.1) is 13.8 Å². The molecule has 176 valence electrons. The molecule has 6 nitrogen and oxygen atoms in total. The number of piperazine rings is 1. The Balaban J connectivity index is 1.70. The molecule has 1 fully saturated rings. The molecule has 0 saturated carbocycles. The van der Waals surface area contributed by atoms with E-state index in [4.69, 9.17) is 4.98 Å². The normalized spacial score (nSPS) is 18.1. The van der Waals surface area contributed by atoms with Gasteiger partial charge in [0.05, 0.1) is 5.52 Å². The van der Waals surface area contributed by atoms with Gasteiger partial charge in [-0.2, -0.15) is 4.98 Å². The predicted molar refractivity (Wildman–Crippen MR) is 141 cm³/mol. The Morgan fingerprint density at radius 3 is 2.61 bits per heavy atom. The average Bonchev–Trinajstić information content (AvgIpc) is 2.79. The van der Waals surface area contributed by atoms with Crippen LogP contribution >= 0.6 is 9.24 Å². The molecule has 0 N–H and O–H groups in total. The number of anilines is 1. The number of benzene rings is 1. The number of hydrogen-bond donors (Lipinski definition) is 0. The topological polar surface area (TPSA) is 54.3 Å². The monoisotopic (exact) mass is 465 g/mol. The molecule has 4 rings (SSSR count). The summed E-state index contributed by atoms with van der Waals surface area (Å²) in [6, 6.07) is 11.5. The van der Waals surface area contributed by atoms with Crippen LogP contribution in [-0.2, 0) is 7.05 Å². The van der Waals surface area contributed by atoms with Crippen LogP contribution in [0.1, 0.15) is 56.0 Å². The molecule has 1 aliphatic heterocycles. The van der Waals surface area contributed by atoms with Gasteiger partial charge in [-0.3, -0.25) is 9.47 Å². The maximum Gasteiger partial charge on any atom is 0.349 e. The fourth-order valence-electron chi connectivity index (χ4n) is 5.22. The quantitative estimate of drug-likeness (QED) is 0.517. The molecule has 1 aromatic carbocycles. The zero-order valence-corrected chi connectivity index (χ0v) is 21.7. The molecule has 0 radical (unpaired) electrons. The molecule has 0 spiro atoms. The van der Waals surface area contributed by atoms with E-state index in [0.717, 1.165) is 61.4 Å². The number of hydrogen-bond acceptors (Lipinski definition) is 5. The van der Waals surface area contributed by atoms with Gasteiger partial charge >= 0.3 is 5.69 Å². The van der Waals surface area contributed by atoms with Crippen LogP contribution < -0.4 is 15.9 Å². The molecule has 3 aromatic rings. The third kappa shape index (κ3) is 4.69. The number of rotatable bonds is 6. The maximum atomic E-state index is 12.6. The fraction of sp³-hybridized carbons (Fsp3) is 0.500. The Hall–Kier alpha value is -2.30. The van der Waals surface area contributed by atoms with Crippen molar-refractivity contribution in [1.29, 1.82) is 0 Å². The highest BCUT2D eigenvalue weighted by molar-refractivity contribution is 7.27. The van der Waals surface area contributed by atoms with Crippen LogP contribution in [0.25, 0.3) is 11.0 Å². The van der Waals surface area contributed by atoms with E-state index in [0.29, 0.717) is 12.1 Å². The third-order valence-electron chi connectivity index (χ3n) is 6.91. The average molecular weight is 466 g/mol. The maximum absolute atomic E-state index is 12.6.